The molecule has 1 saturated carbocycles. The van der Waals surface area contributed by atoms with Crippen LogP contribution in [0.5, 0.6) is 0 Å². The normalized spacial score (nSPS) is 23.2. The number of anilines is 1. The lowest BCUT2D eigenvalue weighted by molar-refractivity contribution is 0.302. The van der Waals surface area contributed by atoms with Crippen LogP contribution in [0, 0.1) is 10.8 Å². The molecule has 6 nitrogen and oxygen atoms in total. The van der Waals surface area contributed by atoms with E-state index in [9.17, 15) is 0 Å². The summed E-state index contributed by atoms with van der Waals surface area (Å²) in [7, 11) is 0. The number of hydrogen-bond acceptors (Lipinski definition) is 6. The predicted molar refractivity (Wildman–Crippen MR) is 114 cm³/mol. The molecule has 2 unspecified atom stereocenters. The van der Waals surface area contributed by atoms with Gasteiger partial charge in [-0.2, -0.15) is 0 Å². The van der Waals surface area contributed by atoms with Gasteiger partial charge < -0.3 is 16.0 Å². The second-order valence-electron chi connectivity index (χ2n) is 9.17. The smallest absolute Gasteiger partial charge is 0.138 e. The van der Waals surface area contributed by atoms with Gasteiger partial charge in [0, 0.05) is 30.1 Å². The predicted octanol–water partition coefficient (Wildman–Crippen LogP) is 4.24. The van der Waals surface area contributed by atoms with E-state index in [4.69, 9.17) is 15.4 Å². The molecule has 0 radical (unpaired) electrons. The fraction of sp³-hybridized carbons (Fsp3) is 0.636. The first-order chi connectivity index (χ1) is 13.5. The minimum absolute atomic E-state index is 0.121. The van der Waals surface area contributed by atoms with Crippen LogP contribution in [0.3, 0.4) is 0 Å². The quantitative estimate of drug-likeness (QED) is 0.653. The fourth-order valence-corrected chi connectivity index (χ4v) is 4.23. The zero-order valence-electron chi connectivity index (χ0n) is 17.3. The van der Waals surface area contributed by atoms with E-state index in [0.717, 1.165) is 48.5 Å². The molecular formula is C22H32N6. The Morgan fingerprint density at radius 2 is 2.11 bits per heavy atom. The Morgan fingerprint density at radius 3 is 2.86 bits per heavy atom. The molecule has 2 aliphatic rings. The van der Waals surface area contributed by atoms with Crippen LogP contribution < -0.4 is 10.6 Å². The largest absolute Gasteiger partial charge is 0.366 e. The summed E-state index contributed by atoms with van der Waals surface area (Å²) in [5.41, 5.74) is 2.36. The van der Waals surface area contributed by atoms with Crippen LogP contribution in [0.1, 0.15) is 76.1 Å². The molecule has 2 atom stereocenters. The number of rotatable bonds is 6. The van der Waals surface area contributed by atoms with E-state index in [1.807, 2.05) is 12.4 Å². The fourth-order valence-electron chi connectivity index (χ4n) is 4.23. The van der Waals surface area contributed by atoms with Crippen LogP contribution in [0.15, 0.2) is 12.4 Å². The lowest BCUT2D eigenvalue weighted by Gasteiger charge is -2.34. The van der Waals surface area contributed by atoms with Crippen LogP contribution in [0.2, 0.25) is 0 Å². The number of fused-ring (bicyclic) bond motifs is 1. The van der Waals surface area contributed by atoms with Crippen molar-refractivity contribution in [3.63, 3.8) is 0 Å². The summed E-state index contributed by atoms with van der Waals surface area (Å²) in [6.45, 7) is 8.82. The van der Waals surface area contributed by atoms with Gasteiger partial charge in [0.15, 0.2) is 0 Å². The minimum Gasteiger partial charge on any atom is -0.366 e. The average molecular weight is 381 g/mol. The maximum absolute atomic E-state index is 7.46. The highest BCUT2D eigenvalue weighted by atomic mass is 15.1. The Hall–Kier alpha value is -2.08. The van der Waals surface area contributed by atoms with Crippen molar-refractivity contribution in [3.05, 3.63) is 23.8 Å². The van der Waals surface area contributed by atoms with E-state index in [0.29, 0.717) is 18.4 Å². The highest BCUT2D eigenvalue weighted by molar-refractivity contribution is 5.92. The Bertz CT molecular complexity index is 857. The summed E-state index contributed by atoms with van der Waals surface area (Å²) in [5, 5.41) is 16.0. The van der Waals surface area contributed by atoms with E-state index in [2.05, 4.69) is 36.4 Å². The van der Waals surface area contributed by atoms with Crippen LogP contribution in [0.25, 0.3) is 10.9 Å². The van der Waals surface area contributed by atoms with Gasteiger partial charge in [0.25, 0.3) is 0 Å². The van der Waals surface area contributed by atoms with Crippen LogP contribution in [-0.4, -0.2) is 40.3 Å². The molecular weight excluding hydrogens is 348 g/mol. The standard InChI is InChI=1S/C22H32N6/c1-14(8-9-23)20-26-17-12-25-11-16(15-6-7-15)19(17)21(28-20)27-18-5-4-10-24-13-22(18,2)3/h9,11-12,14-15,18,23-24H,4-8,10,13H2,1-3H3,(H,26,27,28). The minimum atomic E-state index is 0.121. The molecule has 0 aromatic carbocycles. The van der Waals surface area contributed by atoms with Gasteiger partial charge in [-0.3, -0.25) is 4.98 Å². The molecule has 0 amide bonds. The van der Waals surface area contributed by atoms with Crippen molar-refractivity contribution in [2.24, 2.45) is 5.41 Å². The van der Waals surface area contributed by atoms with Crippen molar-refractivity contribution in [1.82, 2.24) is 20.3 Å². The van der Waals surface area contributed by atoms with E-state index in [1.54, 1.807) is 0 Å². The average Bonchev–Trinajstić information content (AvgIpc) is 3.51. The Kier molecular flexibility index (Phi) is 5.32. The van der Waals surface area contributed by atoms with Gasteiger partial charge in [0.2, 0.25) is 0 Å². The molecule has 0 bridgehead atoms. The van der Waals surface area contributed by atoms with Gasteiger partial charge in [-0.15, -0.1) is 0 Å². The maximum atomic E-state index is 7.46. The molecule has 6 heteroatoms. The Morgan fingerprint density at radius 1 is 1.29 bits per heavy atom. The van der Waals surface area contributed by atoms with Gasteiger partial charge in [0.1, 0.15) is 11.6 Å². The zero-order chi connectivity index (χ0) is 19.7. The molecule has 28 heavy (non-hydrogen) atoms. The highest BCUT2D eigenvalue weighted by Crippen LogP contribution is 2.44. The van der Waals surface area contributed by atoms with E-state index >= 15 is 0 Å². The maximum Gasteiger partial charge on any atom is 0.138 e. The van der Waals surface area contributed by atoms with E-state index < -0.39 is 0 Å². The summed E-state index contributed by atoms with van der Waals surface area (Å²) in [6, 6.07) is 0.353. The van der Waals surface area contributed by atoms with Gasteiger partial charge in [-0.1, -0.05) is 20.8 Å². The molecule has 0 spiro atoms. The van der Waals surface area contributed by atoms with Crippen molar-refractivity contribution in [3.8, 4) is 0 Å². The monoisotopic (exact) mass is 380 g/mol. The number of hydrogen-bond donors (Lipinski definition) is 3. The SMILES string of the molecule is CC(CC=N)c1nc(NC2CCCNCC2(C)C)c2c(C3CC3)cncc2n1. The first kappa shape index (κ1) is 19.2. The molecule has 2 aromatic heterocycles. The van der Waals surface area contributed by atoms with Gasteiger partial charge in [-0.05, 0) is 61.8 Å². The number of aromatic nitrogens is 3. The zero-order valence-corrected chi connectivity index (χ0v) is 17.3. The van der Waals surface area contributed by atoms with Crippen LogP contribution in [-0.2, 0) is 0 Å². The highest BCUT2D eigenvalue weighted by Gasteiger charge is 2.33. The van der Waals surface area contributed by atoms with E-state index in [-0.39, 0.29) is 11.3 Å². The van der Waals surface area contributed by atoms with Crippen molar-refractivity contribution < 1.29 is 0 Å². The molecule has 3 heterocycles. The molecule has 1 aliphatic carbocycles. The summed E-state index contributed by atoms with van der Waals surface area (Å²) >= 11 is 0. The molecule has 150 valence electrons. The number of nitrogens with one attached hydrogen (secondary N) is 3. The summed E-state index contributed by atoms with van der Waals surface area (Å²) < 4.78 is 0. The third-order valence-electron chi connectivity index (χ3n) is 6.26. The number of pyridine rings is 1. The molecule has 2 fully saturated rings. The van der Waals surface area contributed by atoms with Crippen molar-refractivity contribution >= 4 is 22.9 Å². The summed E-state index contributed by atoms with van der Waals surface area (Å²) in [4.78, 5) is 14.3. The van der Waals surface area contributed by atoms with Crippen molar-refractivity contribution in [1.29, 1.82) is 5.41 Å². The Balaban J connectivity index is 1.80. The third-order valence-corrected chi connectivity index (χ3v) is 6.26. The first-order valence-electron chi connectivity index (χ1n) is 10.6. The second-order valence-corrected chi connectivity index (χ2v) is 9.17. The molecule has 1 aliphatic heterocycles. The second kappa shape index (κ2) is 7.74. The van der Waals surface area contributed by atoms with Crippen molar-refractivity contribution in [2.45, 2.75) is 70.8 Å². The topological polar surface area (TPSA) is 86.6 Å². The summed E-state index contributed by atoms with van der Waals surface area (Å²) in [5.74, 6) is 2.48. The van der Waals surface area contributed by atoms with Gasteiger partial charge in [-0.25, -0.2) is 9.97 Å². The molecule has 3 N–H and O–H groups in total. The van der Waals surface area contributed by atoms with E-state index in [1.165, 1.54) is 24.6 Å². The summed E-state index contributed by atoms with van der Waals surface area (Å²) in [6.07, 6.45) is 10.7. The van der Waals surface area contributed by atoms with Crippen molar-refractivity contribution in [2.75, 3.05) is 18.4 Å². The first-order valence-corrected chi connectivity index (χ1v) is 10.6. The van der Waals surface area contributed by atoms with Crippen LogP contribution >= 0.6 is 0 Å². The lowest BCUT2D eigenvalue weighted by Crippen LogP contribution is -2.41. The van der Waals surface area contributed by atoms with Crippen LogP contribution in [0.4, 0.5) is 5.82 Å². The lowest BCUT2D eigenvalue weighted by atomic mass is 9.82. The molecule has 2 aromatic rings. The third kappa shape index (κ3) is 3.88. The molecule has 4 rings (SSSR count). The van der Waals surface area contributed by atoms with Gasteiger partial charge >= 0.3 is 0 Å². The van der Waals surface area contributed by atoms with Gasteiger partial charge in [0.05, 0.1) is 11.7 Å². The Labute approximate surface area is 167 Å². The molecule has 1 saturated heterocycles. The number of nitrogens with zero attached hydrogens (tertiary/aromatic N) is 3.